The summed E-state index contributed by atoms with van der Waals surface area (Å²) in [5.41, 5.74) is 5.00. The van der Waals surface area contributed by atoms with Gasteiger partial charge >= 0.3 is 0 Å². The van der Waals surface area contributed by atoms with E-state index in [1.807, 2.05) is 0 Å². The van der Waals surface area contributed by atoms with Crippen LogP contribution in [0.2, 0.25) is 0 Å². The first-order chi connectivity index (χ1) is 13.1. The summed E-state index contributed by atoms with van der Waals surface area (Å²) in [6.07, 6.45) is 10.4. The van der Waals surface area contributed by atoms with Crippen LogP contribution < -0.4 is 10.3 Å². The summed E-state index contributed by atoms with van der Waals surface area (Å²) in [5.74, 6) is 2.46. The Morgan fingerprint density at radius 2 is 1.67 bits per heavy atom. The summed E-state index contributed by atoms with van der Waals surface area (Å²) in [6.45, 7) is 6.35. The Kier molecular flexibility index (Phi) is 5.25. The van der Waals surface area contributed by atoms with Gasteiger partial charge in [0, 0.05) is 18.8 Å². The summed E-state index contributed by atoms with van der Waals surface area (Å²) in [4.78, 5) is 15.3. The number of anilines is 1. The molecule has 4 nitrogen and oxygen atoms in total. The van der Waals surface area contributed by atoms with Gasteiger partial charge in [0.1, 0.15) is 0 Å². The number of carbonyl (C=O) groups excluding carboxylic acids is 1. The fraction of sp³-hybridized carbons (Fsp3) is 0.652. The van der Waals surface area contributed by atoms with Gasteiger partial charge in [0.05, 0.1) is 11.6 Å². The van der Waals surface area contributed by atoms with Crippen LogP contribution in [0.1, 0.15) is 64.4 Å². The molecule has 1 aromatic rings. The van der Waals surface area contributed by atoms with E-state index in [1.54, 1.807) is 6.21 Å². The lowest BCUT2D eigenvalue weighted by Crippen LogP contribution is -2.47. The fourth-order valence-electron chi connectivity index (χ4n) is 6.11. The molecule has 5 rings (SSSR count). The molecule has 27 heavy (non-hydrogen) atoms. The molecule has 4 bridgehead atoms. The van der Waals surface area contributed by atoms with Crippen LogP contribution in [0.4, 0.5) is 5.69 Å². The number of carbonyl (C=O) groups is 1. The number of hydrogen-bond acceptors (Lipinski definition) is 3. The van der Waals surface area contributed by atoms with E-state index in [-0.39, 0.29) is 11.3 Å². The molecule has 146 valence electrons. The molecule has 2 atom stereocenters. The van der Waals surface area contributed by atoms with Crippen molar-refractivity contribution in [2.45, 2.75) is 58.8 Å². The number of hydrogen-bond donors (Lipinski definition) is 1. The quantitative estimate of drug-likeness (QED) is 0.590. The zero-order valence-electron chi connectivity index (χ0n) is 16.8. The van der Waals surface area contributed by atoms with E-state index in [1.165, 1.54) is 31.4 Å². The third-order valence-electron chi connectivity index (χ3n) is 7.24. The number of rotatable bonds is 6. The Bertz CT molecular complexity index is 676. The number of nitrogens with one attached hydrogen (secondary N) is 1. The second-order valence-corrected chi connectivity index (χ2v) is 9.00. The minimum atomic E-state index is -0.142. The maximum atomic E-state index is 13.0. The van der Waals surface area contributed by atoms with Crippen LogP contribution in [0.15, 0.2) is 29.4 Å². The van der Waals surface area contributed by atoms with Crippen molar-refractivity contribution in [3.8, 4) is 0 Å². The Labute approximate surface area is 163 Å². The number of nitrogens with zero attached hydrogens (tertiary/aromatic N) is 2. The van der Waals surface area contributed by atoms with Crippen molar-refractivity contribution >= 4 is 17.8 Å². The van der Waals surface area contributed by atoms with Crippen molar-refractivity contribution in [3.05, 3.63) is 29.8 Å². The third-order valence-corrected chi connectivity index (χ3v) is 7.24. The van der Waals surface area contributed by atoms with Gasteiger partial charge in [-0.25, -0.2) is 5.43 Å². The van der Waals surface area contributed by atoms with E-state index in [4.69, 9.17) is 0 Å². The van der Waals surface area contributed by atoms with E-state index in [0.29, 0.717) is 0 Å². The SMILES string of the molecule is CCN(CC)c1ccc(/C=N/NC(=O)C23CC4CCC(CC(C4)C2)C3)cc1. The van der Waals surface area contributed by atoms with E-state index in [9.17, 15) is 4.79 Å². The highest BCUT2D eigenvalue weighted by atomic mass is 16.2. The maximum Gasteiger partial charge on any atom is 0.246 e. The molecule has 4 aliphatic rings. The molecule has 1 aromatic carbocycles. The highest BCUT2D eigenvalue weighted by Gasteiger charge is 2.52. The first-order valence-electron chi connectivity index (χ1n) is 10.8. The van der Waals surface area contributed by atoms with Crippen molar-refractivity contribution in [1.82, 2.24) is 5.43 Å². The smallest absolute Gasteiger partial charge is 0.246 e. The van der Waals surface area contributed by atoms with Gasteiger partial charge in [-0.2, -0.15) is 5.10 Å². The summed E-state index contributed by atoms with van der Waals surface area (Å²) in [6, 6.07) is 8.39. The van der Waals surface area contributed by atoms with Crippen LogP contribution in [0, 0.1) is 23.2 Å². The standard InChI is InChI=1S/C23H33N3O/c1-3-26(4-2)21-9-7-17(8-10-21)16-24-25-22(27)23-13-18-5-6-19(14-23)12-20(11-18)15-23/h7-10,16,18-20H,3-6,11-15H2,1-2H3,(H,25,27)/b24-16+. The Morgan fingerprint density at radius 1 is 1.07 bits per heavy atom. The lowest BCUT2D eigenvalue weighted by Gasteiger charge is -2.46. The highest BCUT2D eigenvalue weighted by molar-refractivity contribution is 5.86. The highest BCUT2D eigenvalue weighted by Crippen LogP contribution is 2.57. The number of benzene rings is 1. The van der Waals surface area contributed by atoms with E-state index >= 15 is 0 Å². The number of amides is 1. The summed E-state index contributed by atoms with van der Waals surface area (Å²) < 4.78 is 0. The molecule has 0 spiro atoms. The van der Waals surface area contributed by atoms with E-state index < -0.39 is 0 Å². The summed E-state index contributed by atoms with van der Waals surface area (Å²) >= 11 is 0. The van der Waals surface area contributed by atoms with Crippen LogP contribution in [-0.2, 0) is 4.79 Å². The Balaban J connectivity index is 1.39. The predicted octanol–water partition coefficient (Wildman–Crippen LogP) is 4.59. The molecule has 1 N–H and O–H groups in total. The summed E-state index contributed by atoms with van der Waals surface area (Å²) in [5, 5.41) is 4.31. The molecule has 0 radical (unpaired) electrons. The molecule has 0 heterocycles. The molecule has 4 aliphatic carbocycles. The molecule has 2 unspecified atom stereocenters. The zero-order chi connectivity index (χ0) is 18.9. The van der Waals surface area contributed by atoms with Gasteiger partial charge in [0.15, 0.2) is 0 Å². The zero-order valence-corrected chi connectivity index (χ0v) is 16.8. The first kappa shape index (κ1) is 18.5. The lowest BCUT2D eigenvalue weighted by molar-refractivity contribution is -0.138. The predicted molar refractivity (Wildman–Crippen MR) is 111 cm³/mol. The second-order valence-electron chi connectivity index (χ2n) is 9.00. The third kappa shape index (κ3) is 3.76. The average Bonchev–Trinajstić information content (AvgIpc) is 2.89. The first-order valence-corrected chi connectivity index (χ1v) is 10.8. The van der Waals surface area contributed by atoms with Crippen molar-refractivity contribution in [3.63, 3.8) is 0 Å². The van der Waals surface area contributed by atoms with Crippen molar-refractivity contribution in [2.24, 2.45) is 28.3 Å². The molecular formula is C23H33N3O. The van der Waals surface area contributed by atoms with Gasteiger partial charge in [-0.3, -0.25) is 4.79 Å². The van der Waals surface area contributed by atoms with Crippen LogP contribution in [0.3, 0.4) is 0 Å². The molecule has 1 amide bonds. The number of hydrazone groups is 1. The van der Waals surface area contributed by atoms with Gasteiger partial charge in [-0.15, -0.1) is 0 Å². The van der Waals surface area contributed by atoms with Crippen LogP contribution >= 0.6 is 0 Å². The fourth-order valence-corrected chi connectivity index (χ4v) is 6.11. The van der Waals surface area contributed by atoms with Crippen molar-refractivity contribution < 1.29 is 4.79 Å². The van der Waals surface area contributed by atoms with E-state index in [0.717, 1.165) is 55.7 Å². The minimum absolute atomic E-state index is 0.142. The monoisotopic (exact) mass is 367 g/mol. The van der Waals surface area contributed by atoms with E-state index in [2.05, 4.69) is 53.5 Å². The van der Waals surface area contributed by atoms with Crippen molar-refractivity contribution in [1.29, 1.82) is 0 Å². The Hall–Kier alpha value is -1.84. The molecular weight excluding hydrogens is 334 g/mol. The van der Waals surface area contributed by atoms with Gasteiger partial charge in [0.2, 0.25) is 5.91 Å². The summed E-state index contributed by atoms with van der Waals surface area (Å²) in [7, 11) is 0. The lowest BCUT2D eigenvalue weighted by atomic mass is 9.58. The van der Waals surface area contributed by atoms with Gasteiger partial charge < -0.3 is 4.90 Å². The largest absolute Gasteiger partial charge is 0.372 e. The number of fused-ring (bicyclic) bond motifs is 1. The normalized spacial score (nSPS) is 31.9. The second kappa shape index (κ2) is 7.65. The topological polar surface area (TPSA) is 44.7 Å². The van der Waals surface area contributed by atoms with Gasteiger partial charge in [-0.1, -0.05) is 25.0 Å². The van der Waals surface area contributed by atoms with Crippen LogP contribution in [0.25, 0.3) is 0 Å². The molecule has 0 aromatic heterocycles. The minimum Gasteiger partial charge on any atom is -0.372 e. The van der Waals surface area contributed by atoms with Gasteiger partial charge in [-0.05, 0) is 81.4 Å². The van der Waals surface area contributed by atoms with Crippen LogP contribution in [-0.4, -0.2) is 25.2 Å². The molecule has 0 aliphatic heterocycles. The Morgan fingerprint density at radius 3 is 2.26 bits per heavy atom. The molecule has 4 saturated carbocycles. The maximum absolute atomic E-state index is 13.0. The molecule has 4 heteroatoms. The van der Waals surface area contributed by atoms with Crippen LogP contribution in [0.5, 0.6) is 0 Å². The average molecular weight is 368 g/mol. The molecule has 0 saturated heterocycles. The van der Waals surface area contributed by atoms with Crippen molar-refractivity contribution in [2.75, 3.05) is 18.0 Å². The molecule has 4 fully saturated rings. The van der Waals surface area contributed by atoms with Gasteiger partial charge in [0.25, 0.3) is 0 Å².